The maximum absolute atomic E-state index is 5.37. The number of hydrogen-bond acceptors (Lipinski definition) is 2. The van der Waals surface area contributed by atoms with Gasteiger partial charge in [0, 0.05) is 31.0 Å². The average molecular weight is 267 g/mol. The van der Waals surface area contributed by atoms with Gasteiger partial charge in [-0.05, 0) is 38.0 Å². The lowest BCUT2D eigenvalue weighted by Gasteiger charge is -2.24. The third-order valence-corrected chi connectivity index (χ3v) is 4.45. The predicted octanol–water partition coefficient (Wildman–Crippen LogP) is 3.54. The van der Waals surface area contributed by atoms with Crippen LogP contribution in [0, 0.1) is 4.77 Å². The average Bonchev–Trinajstić information content (AvgIpc) is 2.95. The Labute approximate surface area is 115 Å². The van der Waals surface area contributed by atoms with Crippen LogP contribution in [0.4, 0.5) is 0 Å². The molecule has 1 heterocycles. The lowest BCUT2D eigenvalue weighted by molar-refractivity contribution is 0.235. The molecule has 1 N–H and O–H groups in total. The van der Waals surface area contributed by atoms with Gasteiger partial charge in [0.15, 0.2) is 4.77 Å². The Morgan fingerprint density at radius 1 is 1.44 bits per heavy atom. The molecule has 1 fully saturated rings. The number of aromatic amines is 1. The molecule has 102 valence electrons. The van der Waals surface area contributed by atoms with Crippen LogP contribution < -0.4 is 0 Å². The molecule has 1 aliphatic rings. The summed E-state index contributed by atoms with van der Waals surface area (Å²) in [6, 6.07) is 0.792. The molecule has 0 saturated heterocycles. The predicted molar refractivity (Wildman–Crippen MR) is 78.6 cm³/mol. The fourth-order valence-electron chi connectivity index (χ4n) is 2.90. The second-order valence-electron chi connectivity index (χ2n) is 5.74. The van der Waals surface area contributed by atoms with Crippen molar-refractivity contribution in [1.29, 1.82) is 0 Å². The van der Waals surface area contributed by atoms with E-state index in [0.29, 0.717) is 5.92 Å². The van der Waals surface area contributed by atoms with Gasteiger partial charge in [0.2, 0.25) is 0 Å². The first kappa shape index (κ1) is 13.8. The molecule has 0 atom stereocenters. The third-order valence-electron chi connectivity index (χ3n) is 4.12. The maximum Gasteiger partial charge on any atom is 0.177 e. The highest BCUT2D eigenvalue weighted by molar-refractivity contribution is 7.71. The number of rotatable bonds is 5. The van der Waals surface area contributed by atoms with Gasteiger partial charge in [0.1, 0.15) is 0 Å². The van der Waals surface area contributed by atoms with Crippen molar-refractivity contribution in [2.45, 2.75) is 58.0 Å². The molecule has 3 nitrogen and oxygen atoms in total. The molecule has 0 unspecified atom stereocenters. The molecule has 0 radical (unpaired) electrons. The lowest BCUT2D eigenvalue weighted by atomic mass is 10.1. The highest BCUT2D eigenvalue weighted by atomic mass is 32.1. The summed E-state index contributed by atoms with van der Waals surface area (Å²) in [6.45, 7) is 6.53. The summed E-state index contributed by atoms with van der Waals surface area (Å²) >= 11 is 5.37. The molecular formula is C14H25N3S. The summed E-state index contributed by atoms with van der Waals surface area (Å²) in [5.74, 6) is 0.523. The Morgan fingerprint density at radius 2 is 2.11 bits per heavy atom. The third kappa shape index (κ3) is 3.04. The van der Waals surface area contributed by atoms with Gasteiger partial charge in [-0.1, -0.05) is 26.7 Å². The van der Waals surface area contributed by atoms with E-state index in [1.165, 1.54) is 31.4 Å². The van der Waals surface area contributed by atoms with E-state index in [4.69, 9.17) is 12.2 Å². The van der Waals surface area contributed by atoms with Crippen LogP contribution in [0.15, 0.2) is 6.20 Å². The normalized spacial score (nSPS) is 17.2. The Hall–Kier alpha value is -0.610. The van der Waals surface area contributed by atoms with Gasteiger partial charge in [-0.15, -0.1) is 0 Å². The molecule has 0 bridgehead atoms. The number of H-pyrrole nitrogens is 1. The van der Waals surface area contributed by atoms with Gasteiger partial charge < -0.3 is 14.5 Å². The highest BCUT2D eigenvalue weighted by Gasteiger charge is 2.19. The van der Waals surface area contributed by atoms with Crippen molar-refractivity contribution < 1.29 is 0 Å². The van der Waals surface area contributed by atoms with Gasteiger partial charge in [0.05, 0.1) is 0 Å². The molecule has 1 aromatic rings. The second-order valence-corrected chi connectivity index (χ2v) is 6.13. The molecule has 1 aromatic heterocycles. The number of imidazole rings is 1. The SMILES string of the molecule is CC(C)c1c[nH]c(=S)n1CCN(C)C1CCCC1. The van der Waals surface area contributed by atoms with Crippen LogP contribution in [0.2, 0.25) is 0 Å². The molecular weight excluding hydrogens is 242 g/mol. The molecule has 18 heavy (non-hydrogen) atoms. The number of nitrogens with one attached hydrogen (secondary N) is 1. The minimum atomic E-state index is 0.523. The fraction of sp³-hybridized carbons (Fsp3) is 0.786. The van der Waals surface area contributed by atoms with Gasteiger partial charge >= 0.3 is 0 Å². The van der Waals surface area contributed by atoms with Crippen molar-refractivity contribution in [2.24, 2.45) is 0 Å². The van der Waals surface area contributed by atoms with Crippen molar-refractivity contribution in [2.75, 3.05) is 13.6 Å². The van der Waals surface area contributed by atoms with E-state index in [-0.39, 0.29) is 0 Å². The minimum Gasteiger partial charge on any atom is -0.337 e. The Morgan fingerprint density at radius 3 is 2.72 bits per heavy atom. The smallest absolute Gasteiger partial charge is 0.177 e. The summed E-state index contributed by atoms with van der Waals surface area (Å²) in [5, 5.41) is 0. The Balaban J connectivity index is 1.97. The number of hydrogen-bond donors (Lipinski definition) is 1. The minimum absolute atomic E-state index is 0.523. The largest absolute Gasteiger partial charge is 0.337 e. The van der Waals surface area contributed by atoms with Gasteiger partial charge in [0.25, 0.3) is 0 Å². The van der Waals surface area contributed by atoms with E-state index in [9.17, 15) is 0 Å². The topological polar surface area (TPSA) is 24.0 Å². The number of nitrogens with zero attached hydrogens (tertiary/aromatic N) is 2. The van der Waals surface area contributed by atoms with Crippen LogP contribution in [-0.4, -0.2) is 34.1 Å². The van der Waals surface area contributed by atoms with Crippen LogP contribution in [0.5, 0.6) is 0 Å². The monoisotopic (exact) mass is 267 g/mol. The molecule has 0 aromatic carbocycles. The van der Waals surface area contributed by atoms with E-state index in [1.54, 1.807) is 0 Å². The molecule has 0 amide bonds. The van der Waals surface area contributed by atoms with Crippen LogP contribution in [0.25, 0.3) is 0 Å². The highest BCUT2D eigenvalue weighted by Crippen LogP contribution is 2.22. The van der Waals surface area contributed by atoms with Crippen molar-refractivity contribution >= 4 is 12.2 Å². The first-order valence-corrected chi connectivity index (χ1v) is 7.48. The van der Waals surface area contributed by atoms with Crippen molar-refractivity contribution in [3.8, 4) is 0 Å². The molecule has 0 spiro atoms. The second kappa shape index (κ2) is 6.02. The maximum atomic E-state index is 5.37. The van der Waals surface area contributed by atoms with E-state index < -0.39 is 0 Å². The Kier molecular flexibility index (Phi) is 4.62. The lowest BCUT2D eigenvalue weighted by Crippen LogP contribution is -2.32. The van der Waals surface area contributed by atoms with Crippen molar-refractivity contribution in [3.05, 3.63) is 16.7 Å². The first-order chi connectivity index (χ1) is 8.59. The van der Waals surface area contributed by atoms with Crippen molar-refractivity contribution in [1.82, 2.24) is 14.5 Å². The summed E-state index contributed by atoms with van der Waals surface area (Å²) in [7, 11) is 2.25. The van der Waals surface area contributed by atoms with E-state index in [1.807, 2.05) is 0 Å². The first-order valence-electron chi connectivity index (χ1n) is 7.08. The molecule has 0 aliphatic heterocycles. The standard InChI is InChI=1S/C14H25N3S/c1-11(2)13-10-15-14(18)17(13)9-8-16(3)12-6-4-5-7-12/h10-12H,4-9H2,1-3H3,(H,15,18). The van der Waals surface area contributed by atoms with Crippen LogP contribution in [0.1, 0.15) is 51.1 Å². The summed E-state index contributed by atoms with van der Waals surface area (Å²) in [6.07, 6.45) is 7.59. The molecule has 4 heteroatoms. The van der Waals surface area contributed by atoms with Crippen LogP contribution in [0.3, 0.4) is 0 Å². The summed E-state index contributed by atoms with van der Waals surface area (Å²) in [4.78, 5) is 5.68. The number of likely N-dealkylation sites (N-methyl/N-ethyl adjacent to an activating group) is 1. The molecule has 1 saturated carbocycles. The summed E-state index contributed by atoms with van der Waals surface area (Å²) in [5.41, 5.74) is 1.32. The van der Waals surface area contributed by atoms with E-state index in [2.05, 4.69) is 41.5 Å². The van der Waals surface area contributed by atoms with Gasteiger partial charge in [-0.2, -0.15) is 0 Å². The van der Waals surface area contributed by atoms with Crippen LogP contribution >= 0.6 is 12.2 Å². The zero-order valence-electron chi connectivity index (χ0n) is 11.8. The fourth-order valence-corrected chi connectivity index (χ4v) is 3.16. The molecule has 2 rings (SSSR count). The zero-order chi connectivity index (χ0) is 13.1. The quantitative estimate of drug-likeness (QED) is 0.825. The van der Waals surface area contributed by atoms with E-state index in [0.717, 1.165) is 23.9 Å². The van der Waals surface area contributed by atoms with Crippen molar-refractivity contribution in [3.63, 3.8) is 0 Å². The summed E-state index contributed by atoms with van der Waals surface area (Å²) < 4.78 is 3.12. The van der Waals surface area contributed by atoms with Gasteiger partial charge in [-0.3, -0.25) is 0 Å². The van der Waals surface area contributed by atoms with Crippen LogP contribution in [-0.2, 0) is 6.54 Å². The van der Waals surface area contributed by atoms with Gasteiger partial charge in [-0.25, -0.2) is 0 Å². The molecule has 1 aliphatic carbocycles. The zero-order valence-corrected chi connectivity index (χ0v) is 12.6. The van der Waals surface area contributed by atoms with E-state index >= 15 is 0 Å². The number of aromatic nitrogens is 2. The Bertz CT molecular complexity index is 426.